The molecule has 28 heavy (non-hydrogen) atoms. The molecule has 4 aromatic rings. The number of nitrogens with one attached hydrogen (secondary N) is 1. The Bertz CT molecular complexity index is 1190. The van der Waals surface area contributed by atoms with E-state index in [0.717, 1.165) is 34.5 Å². The zero-order valence-electron chi connectivity index (χ0n) is 16.0. The third-order valence-corrected chi connectivity index (χ3v) is 5.19. The summed E-state index contributed by atoms with van der Waals surface area (Å²) in [5.41, 5.74) is 6.21. The van der Waals surface area contributed by atoms with Crippen LogP contribution in [0.3, 0.4) is 0 Å². The molecule has 2 heterocycles. The van der Waals surface area contributed by atoms with Crippen LogP contribution in [0.1, 0.15) is 12.5 Å². The summed E-state index contributed by atoms with van der Waals surface area (Å²) in [7, 11) is 3.26. The molecule has 0 saturated carbocycles. The van der Waals surface area contributed by atoms with Gasteiger partial charge in [0.15, 0.2) is 11.5 Å². The van der Waals surface area contributed by atoms with Gasteiger partial charge in [-0.25, -0.2) is 4.98 Å². The van der Waals surface area contributed by atoms with Gasteiger partial charge in [0, 0.05) is 23.5 Å². The van der Waals surface area contributed by atoms with Gasteiger partial charge in [-0.2, -0.15) is 0 Å². The lowest BCUT2D eigenvalue weighted by Gasteiger charge is -2.08. The molecule has 4 rings (SSSR count). The average Bonchev–Trinajstić information content (AvgIpc) is 3.20. The molecule has 0 aliphatic carbocycles. The fraction of sp³-hybridized carbons (Fsp3) is 0.182. The van der Waals surface area contributed by atoms with Crippen molar-refractivity contribution in [3.63, 3.8) is 0 Å². The second kappa shape index (κ2) is 7.48. The van der Waals surface area contributed by atoms with Crippen LogP contribution in [0.15, 0.2) is 54.9 Å². The molecule has 2 aromatic heterocycles. The van der Waals surface area contributed by atoms with Crippen molar-refractivity contribution < 1.29 is 9.47 Å². The minimum atomic E-state index is 0.506. The van der Waals surface area contributed by atoms with Crippen LogP contribution >= 0.6 is 12.2 Å². The fourth-order valence-electron chi connectivity index (χ4n) is 3.29. The molecule has 0 atom stereocenters. The molecule has 0 fully saturated rings. The lowest BCUT2D eigenvalue weighted by Crippen LogP contribution is -1.93. The van der Waals surface area contributed by atoms with Gasteiger partial charge in [-0.15, -0.1) is 0 Å². The van der Waals surface area contributed by atoms with Crippen LogP contribution in [0.2, 0.25) is 0 Å². The van der Waals surface area contributed by atoms with E-state index >= 15 is 0 Å². The molecule has 5 nitrogen and oxygen atoms in total. The topological polar surface area (TPSA) is 51.6 Å². The van der Waals surface area contributed by atoms with Gasteiger partial charge in [-0.3, -0.25) is 4.40 Å². The van der Waals surface area contributed by atoms with Crippen molar-refractivity contribution >= 4 is 17.9 Å². The molecule has 0 unspecified atom stereocenters. The molecule has 1 N–H and O–H groups in total. The number of methoxy groups -OCH3 is 2. The minimum Gasteiger partial charge on any atom is -0.493 e. The van der Waals surface area contributed by atoms with Gasteiger partial charge in [0.1, 0.15) is 5.65 Å². The third kappa shape index (κ3) is 3.16. The number of aryl methyl sites for hydroxylation is 1. The van der Waals surface area contributed by atoms with E-state index in [1.807, 2.05) is 35.0 Å². The van der Waals surface area contributed by atoms with E-state index in [9.17, 15) is 0 Å². The maximum Gasteiger partial charge on any atom is 0.205 e. The number of nitrogens with zero attached hydrogens (tertiary/aromatic N) is 2. The fourth-order valence-corrected chi connectivity index (χ4v) is 3.48. The van der Waals surface area contributed by atoms with Gasteiger partial charge >= 0.3 is 0 Å². The number of rotatable bonds is 5. The van der Waals surface area contributed by atoms with E-state index in [1.165, 1.54) is 5.56 Å². The SMILES string of the molecule is CCc1ccc(-c2cnc(=S)n3cc(-c4ccc(OC)c(OC)c4)[nH]c23)cc1. The van der Waals surface area contributed by atoms with Gasteiger partial charge in [0.2, 0.25) is 4.77 Å². The number of aromatic amines is 1. The highest BCUT2D eigenvalue weighted by atomic mass is 32.1. The van der Waals surface area contributed by atoms with Crippen LogP contribution in [0.5, 0.6) is 11.5 Å². The largest absolute Gasteiger partial charge is 0.493 e. The van der Waals surface area contributed by atoms with Crippen LogP contribution in [-0.2, 0) is 6.42 Å². The quantitative estimate of drug-likeness (QED) is 0.469. The molecule has 0 aliphatic rings. The summed E-state index contributed by atoms with van der Waals surface area (Å²) >= 11 is 5.44. The number of imidazole rings is 1. The van der Waals surface area contributed by atoms with E-state index in [1.54, 1.807) is 14.2 Å². The van der Waals surface area contributed by atoms with E-state index in [-0.39, 0.29) is 0 Å². The molecule has 2 aromatic carbocycles. The maximum atomic E-state index is 5.44. The summed E-state index contributed by atoms with van der Waals surface area (Å²) < 4.78 is 13.2. The average molecular weight is 391 g/mol. The molecule has 0 amide bonds. The van der Waals surface area contributed by atoms with Crippen LogP contribution < -0.4 is 9.47 Å². The molecule has 142 valence electrons. The Labute approximate surface area is 168 Å². The number of aromatic nitrogens is 3. The summed E-state index contributed by atoms with van der Waals surface area (Å²) in [5.74, 6) is 1.37. The smallest absolute Gasteiger partial charge is 0.205 e. The van der Waals surface area contributed by atoms with Gasteiger partial charge in [0.25, 0.3) is 0 Å². The van der Waals surface area contributed by atoms with Crippen molar-refractivity contribution in [1.29, 1.82) is 0 Å². The Morgan fingerprint density at radius 3 is 2.39 bits per heavy atom. The number of hydrogen-bond acceptors (Lipinski definition) is 4. The van der Waals surface area contributed by atoms with Gasteiger partial charge < -0.3 is 14.5 Å². The molecular weight excluding hydrogens is 370 g/mol. The number of benzene rings is 2. The molecule has 6 heteroatoms. The summed E-state index contributed by atoms with van der Waals surface area (Å²) in [5, 5.41) is 0. The lowest BCUT2D eigenvalue weighted by molar-refractivity contribution is 0.355. The molecular formula is C22H21N3O2S. The molecule has 0 aliphatic heterocycles. The van der Waals surface area contributed by atoms with Crippen LogP contribution in [0.25, 0.3) is 28.0 Å². The van der Waals surface area contributed by atoms with Crippen molar-refractivity contribution in [3.05, 3.63) is 65.2 Å². The minimum absolute atomic E-state index is 0.506. The van der Waals surface area contributed by atoms with Gasteiger partial charge in [0.05, 0.1) is 19.9 Å². The van der Waals surface area contributed by atoms with E-state index < -0.39 is 0 Å². The molecule has 0 saturated heterocycles. The molecule has 0 spiro atoms. The predicted molar refractivity (Wildman–Crippen MR) is 114 cm³/mol. The second-order valence-electron chi connectivity index (χ2n) is 6.46. The normalized spacial score (nSPS) is 11.0. The highest BCUT2D eigenvalue weighted by Gasteiger charge is 2.12. The predicted octanol–water partition coefficient (Wildman–Crippen LogP) is 5.31. The van der Waals surface area contributed by atoms with E-state index in [0.29, 0.717) is 16.3 Å². The number of fused-ring (bicyclic) bond motifs is 1. The van der Waals surface area contributed by atoms with Crippen molar-refractivity contribution in [2.45, 2.75) is 13.3 Å². The first kappa shape index (κ1) is 18.3. The second-order valence-corrected chi connectivity index (χ2v) is 6.83. The molecule has 0 bridgehead atoms. The first-order valence-corrected chi connectivity index (χ1v) is 9.47. The summed E-state index contributed by atoms with van der Waals surface area (Å²) in [6.07, 6.45) is 4.81. The van der Waals surface area contributed by atoms with E-state index in [2.05, 4.69) is 41.2 Å². The van der Waals surface area contributed by atoms with Crippen molar-refractivity contribution in [3.8, 4) is 33.9 Å². The lowest BCUT2D eigenvalue weighted by atomic mass is 10.1. The number of ether oxygens (including phenoxy) is 2. The van der Waals surface area contributed by atoms with Crippen LogP contribution in [0.4, 0.5) is 0 Å². The van der Waals surface area contributed by atoms with Gasteiger partial charge in [-0.05, 0) is 48.0 Å². The Kier molecular flexibility index (Phi) is 4.88. The zero-order chi connectivity index (χ0) is 19.7. The zero-order valence-corrected chi connectivity index (χ0v) is 16.8. The Morgan fingerprint density at radius 2 is 1.71 bits per heavy atom. The Hall–Kier alpha value is -3.12. The first-order chi connectivity index (χ1) is 13.6. The summed E-state index contributed by atoms with van der Waals surface area (Å²) in [6.45, 7) is 2.15. The summed E-state index contributed by atoms with van der Waals surface area (Å²) in [6, 6.07) is 14.3. The first-order valence-electron chi connectivity index (χ1n) is 9.06. The van der Waals surface area contributed by atoms with Crippen LogP contribution in [-0.4, -0.2) is 28.6 Å². The maximum absolute atomic E-state index is 5.44. The van der Waals surface area contributed by atoms with E-state index in [4.69, 9.17) is 21.7 Å². The monoisotopic (exact) mass is 391 g/mol. The number of H-pyrrole nitrogens is 1. The molecule has 0 radical (unpaired) electrons. The standard InChI is InChI=1S/C22H21N3O2S/c1-4-14-5-7-15(8-6-14)17-12-23-22(28)25-13-18(24-21(17)25)16-9-10-19(26-2)20(11-16)27-3/h5-13,24H,4H2,1-3H3. The highest BCUT2D eigenvalue weighted by Crippen LogP contribution is 2.33. The van der Waals surface area contributed by atoms with Gasteiger partial charge in [-0.1, -0.05) is 31.2 Å². The van der Waals surface area contributed by atoms with Crippen molar-refractivity contribution in [2.24, 2.45) is 0 Å². The van der Waals surface area contributed by atoms with Crippen molar-refractivity contribution in [2.75, 3.05) is 14.2 Å². The third-order valence-electron chi connectivity index (χ3n) is 4.89. The Balaban J connectivity index is 1.87. The summed E-state index contributed by atoms with van der Waals surface area (Å²) in [4.78, 5) is 7.90. The highest BCUT2D eigenvalue weighted by molar-refractivity contribution is 7.71. The van der Waals surface area contributed by atoms with Crippen LogP contribution in [0, 0.1) is 4.77 Å². The number of hydrogen-bond donors (Lipinski definition) is 1. The van der Waals surface area contributed by atoms with Crippen molar-refractivity contribution in [1.82, 2.24) is 14.4 Å². The Morgan fingerprint density at radius 1 is 1.00 bits per heavy atom.